The standard InChI is InChI=1S/C39H46N4O5/c44-25-7-20-43(28-32-8-3-1-4-9-32)37(46)27-31-14-12-30(13-15-31)26-36(45)42-23-18-39(19-24-42,34-10-5-2-6-11-34)40-38(47)48-35-29-41-21-16-33(35)17-22-41/h1-6,8-15,25,33,35H,7,16-24,26-29H2,(H,40,47)/t35-/m0/s1. The van der Waals surface area contributed by atoms with Gasteiger partial charge in [0.1, 0.15) is 12.4 Å². The van der Waals surface area contributed by atoms with Gasteiger partial charge in [-0.15, -0.1) is 0 Å². The topological polar surface area (TPSA) is 99.3 Å². The Morgan fingerprint density at radius 2 is 1.44 bits per heavy atom. The van der Waals surface area contributed by atoms with Crippen molar-refractivity contribution in [3.63, 3.8) is 0 Å². The molecular weight excluding hydrogens is 604 g/mol. The summed E-state index contributed by atoms with van der Waals surface area (Å²) in [6.45, 7) is 4.87. The quantitative estimate of drug-likeness (QED) is 0.285. The van der Waals surface area contributed by atoms with E-state index in [1.807, 2.05) is 89.8 Å². The highest BCUT2D eigenvalue weighted by Crippen LogP contribution is 2.35. The van der Waals surface area contributed by atoms with Crippen molar-refractivity contribution in [2.75, 3.05) is 39.3 Å². The van der Waals surface area contributed by atoms with Crippen molar-refractivity contribution in [1.82, 2.24) is 20.0 Å². The molecule has 4 saturated heterocycles. The van der Waals surface area contributed by atoms with Gasteiger partial charge in [-0.05, 0) is 66.9 Å². The molecule has 4 aliphatic rings. The number of aldehydes is 1. The Morgan fingerprint density at radius 3 is 2.04 bits per heavy atom. The van der Waals surface area contributed by atoms with Gasteiger partial charge >= 0.3 is 6.09 Å². The zero-order valence-corrected chi connectivity index (χ0v) is 27.6. The first-order valence-corrected chi connectivity index (χ1v) is 17.3. The molecule has 0 radical (unpaired) electrons. The average molecular weight is 651 g/mol. The molecule has 9 heteroatoms. The zero-order chi connectivity index (χ0) is 33.3. The van der Waals surface area contributed by atoms with Gasteiger partial charge in [0.25, 0.3) is 0 Å². The summed E-state index contributed by atoms with van der Waals surface area (Å²) in [5, 5.41) is 3.25. The molecule has 4 aliphatic heterocycles. The minimum absolute atomic E-state index is 0.0400. The molecule has 2 bridgehead atoms. The van der Waals surface area contributed by atoms with Gasteiger partial charge in [-0.2, -0.15) is 0 Å². The number of likely N-dealkylation sites (tertiary alicyclic amines) is 1. The molecule has 0 aliphatic carbocycles. The average Bonchev–Trinajstić information content (AvgIpc) is 3.12. The fourth-order valence-corrected chi connectivity index (χ4v) is 7.44. The third kappa shape index (κ3) is 8.31. The molecule has 0 aromatic heterocycles. The predicted octanol–water partition coefficient (Wildman–Crippen LogP) is 4.73. The Balaban J connectivity index is 1.03. The number of rotatable bonds is 12. The number of hydrogen-bond acceptors (Lipinski definition) is 6. The molecule has 3 amide bonds. The molecular formula is C39H46N4O5. The van der Waals surface area contributed by atoms with E-state index in [0.717, 1.165) is 61.0 Å². The molecule has 252 valence electrons. The third-order valence-electron chi connectivity index (χ3n) is 10.3. The molecule has 1 N–H and O–H groups in total. The molecule has 1 atom stereocenters. The van der Waals surface area contributed by atoms with Gasteiger partial charge in [0.2, 0.25) is 11.8 Å². The third-order valence-corrected chi connectivity index (χ3v) is 10.3. The lowest BCUT2D eigenvalue weighted by atomic mass is 9.80. The first-order valence-electron chi connectivity index (χ1n) is 17.3. The lowest BCUT2D eigenvalue weighted by molar-refractivity contribution is -0.132. The number of piperidine rings is 4. The maximum Gasteiger partial charge on any atom is 0.408 e. The smallest absolute Gasteiger partial charge is 0.408 e. The van der Waals surface area contributed by atoms with Crippen molar-refractivity contribution in [2.24, 2.45) is 5.92 Å². The Morgan fingerprint density at radius 1 is 0.812 bits per heavy atom. The lowest BCUT2D eigenvalue weighted by Crippen LogP contribution is -2.57. The van der Waals surface area contributed by atoms with E-state index in [4.69, 9.17) is 4.74 Å². The largest absolute Gasteiger partial charge is 0.445 e. The Kier molecular flexibility index (Phi) is 10.9. The van der Waals surface area contributed by atoms with Gasteiger partial charge in [0.15, 0.2) is 0 Å². The highest BCUT2D eigenvalue weighted by molar-refractivity contribution is 5.80. The van der Waals surface area contributed by atoms with E-state index in [0.29, 0.717) is 51.4 Å². The number of hydrogen-bond donors (Lipinski definition) is 1. The summed E-state index contributed by atoms with van der Waals surface area (Å²) < 4.78 is 6.01. The summed E-state index contributed by atoms with van der Waals surface area (Å²) in [7, 11) is 0. The Hall–Kier alpha value is -4.50. The second kappa shape index (κ2) is 15.6. The van der Waals surface area contributed by atoms with Crippen LogP contribution in [0.5, 0.6) is 0 Å². The number of nitrogens with one attached hydrogen (secondary N) is 1. The molecule has 3 aromatic carbocycles. The molecule has 9 nitrogen and oxygen atoms in total. The van der Waals surface area contributed by atoms with Crippen LogP contribution in [-0.2, 0) is 44.0 Å². The van der Waals surface area contributed by atoms with Crippen molar-refractivity contribution < 1.29 is 23.9 Å². The van der Waals surface area contributed by atoms with Gasteiger partial charge in [-0.1, -0.05) is 84.9 Å². The number of alkyl carbamates (subject to hydrolysis) is 1. The maximum absolute atomic E-state index is 13.4. The first-order chi connectivity index (χ1) is 23.4. The second-order valence-electron chi connectivity index (χ2n) is 13.5. The number of benzene rings is 3. The van der Waals surface area contributed by atoms with Crippen LogP contribution in [0.2, 0.25) is 0 Å². The highest BCUT2D eigenvalue weighted by atomic mass is 16.6. The van der Waals surface area contributed by atoms with Crippen LogP contribution in [0.1, 0.15) is 54.4 Å². The van der Waals surface area contributed by atoms with Crippen LogP contribution >= 0.6 is 0 Å². The van der Waals surface area contributed by atoms with Gasteiger partial charge in [0, 0.05) is 39.1 Å². The van der Waals surface area contributed by atoms with Crippen LogP contribution < -0.4 is 5.32 Å². The fourth-order valence-electron chi connectivity index (χ4n) is 7.44. The van der Waals surface area contributed by atoms with Crippen molar-refractivity contribution >= 4 is 24.2 Å². The van der Waals surface area contributed by atoms with Gasteiger partial charge in [-0.3, -0.25) is 14.5 Å². The van der Waals surface area contributed by atoms with E-state index in [1.54, 1.807) is 4.90 Å². The van der Waals surface area contributed by atoms with E-state index >= 15 is 0 Å². The van der Waals surface area contributed by atoms with E-state index in [1.165, 1.54) is 0 Å². The summed E-state index contributed by atoms with van der Waals surface area (Å²) in [6, 6.07) is 27.4. The number of carbonyl (C=O) groups is 4. The van der Waals surface area contributed by atoms with Crippen molar-refractivity contribution in [2.45, 2.75) is 63.1 Å². The van der Waals surface area contributed by atoms with E-state index < -0.39 is 5.54 Å². The minimum Gasteiger partial charge on any atom is -0.445 e. The van der Waals surface area contributed by atoms with Crippen LogP contribution in [0.4, 0.5) is 4.79 Å². The monoisotopic (exact) mass is 650 g/mol. The van der Waals surface area contributed by atoms with Gasteiger partial charge in [-0.25, -0.2) is 4.79 Å². The number of fused-ring (bicyclic) bond motifs is 3. The molecule has 0 unspecified atom stereocenters. The number of amides is 3. The van der Waals surface area contributed by atoms with Crippen molar-refractivity contribution in [1.29, 1.82) is 0 Å². The lowest BCUT2D eigenvalue weighted by Gasteiger charge is -2.45. The summed E-state index contributed by atoms with van der Waals surface area (Å²) in [5.74, 6) is 0.435. The van der Waals surface area contributed by atoms with Gasteiger partial charge < -0.3 is 24.6 Å². The van der Waals surface area contributed by atoms with Crippen LogP contribution in [-0.4, -0.2) is 84.3 Å². The van der Waals surface area contributed by atoms with Crippen LogP contribution in [0.15, 0.2) is 84.9 Å². The summed E-state index contributed by atoms with van der Waals surface area (Å²) in [4.78, 5) is 56.9. The summed E-state index contributed by atoms with van der Waals surface area (Å²) in [6.07, 6.45) is 4.54. The number of carbonyl (C=O) groups excluding carboxylic acids is 4. The normalized spacial score (nSPS) is 21.2. The van der Waals surface area contributed by atoms with E-state index in [-0.39, 0.29) is 36.9 Å². The number of nitrogens with zero attached hydrogens (tertiary/aromatic N) is 3. The number of ether oxygens (including phenoxy) is 1. The minimum atomic E-state index is -0.600. The Labute approximate surface area is 283 Å². The predicted molar refractivity (Wildman–Crippen MR) is 183 cm³/mol. The first kappa shape index (κ1) is 33.4. The van der Waals surface area contributed by atoms with Crippen LogP contribution in [0.3, 0.4) is 0 Å². The molecule has 3 aromatic rings. The summed E-state index contributed by atoms with van der Waals surface area (Å²) >= 11 is 0. The molecule has 7 rings (SSSR count). The van der Waals surface area contributed by atoms with Crippen molar-refractivity contribution in [3.8, 4) is 0 Å². The SMILES string of the molecule is O=CCCN(Cc1ccccc1)C(=O)Cc1ccc(CC(=O)N2CCC(NC(=O)O[C@H]3CN4CCC3CC4)(c3ccccc3)CC2)cc1. The van der Waals surface area contributed by atoms with Crippen LogP contribution in [0, 0.1) is 5.92 Å². The van der Waals surface area contributed by atoms with Crippen molar-refractivity contribution in [3.05, 3.63) is 107 Å². The zero-order valence-electron chi connectivity index (χ0n) is 27.6. The van der Waals surface area contributed by atoms with Crippen LogP contribution in [0.25, 0.3) is 0 Å². The molecule has 4 heterocycles. The van der Waals surface area contributed by atoms with E-state index in [9.17, 15) is 19.2 Å². The molecule has 48 heavy (non-hydrogen) atoms. The second-order valence-corrected chi connectivity index (χ2v) is 13.5. The molecule has 0 spiro atoms. The molecule has 4 fully saturated rings. The van der Waals surface area contributed by atoms with Gasteiger partial charge in [0.05, 0.1) is 18.4 Å². The highest BCUT2D eigenvalue weighted by Gasteiger charge is 2.41. The maximum atomic E-state index is 13.4. The molecule has 0 saturated carbocycles. The Bertz CT molecular complexity index is 1530. The van der Waals surface area contributed by atoms with E-state index in [2.05, 4.69) is 10.2 Å². The summed E-state index contributed by atoms with van der Waals surface area (Å²) in [5.41, 5.74) is 3.20. The fraction of sp³-hybridized carbons (Fsp3) is 0.436.